The molecule has 0 aliphatic heterocycles. The maximum absolute atomic E-state index is 11.8. The van der Waals surface area contributed by atoms with Gasteiger partial charge in [-0.2, -0.15) is 0 Å². The molecule has 1 amide bonds. The van der Waals surface area contributed by atoms with Crippen LogP contribution in [0.2, 0.25) is 0 Å². The molecule has 1 aromatic heterocycles. The minimum Gasteiger partial charge on any atom is -0.448 e. The number of thioether (sulfide) groups is 2. The molecule has 2 aromatic carbocycles. The highest BCUT2D eigenvalue weighted by Crippen LogP contribution is 2.29. The highest BCUT2D eigenvalue weighted by atomic mass is 32.2. The van der Waals surface area contributed by atoms with E-state index in [0.29, 0.717) is 12.4 Å². The largest absolute Gasteiger partial charge is 0.448 e. The molecule has 0 saturated carbocycles. The molecule has 0 fully saturated rings. The van der Waals surface area contributed by atoms with E-state index in [-0.39, 0.29) is 0 Å². The van der Waals surface area contributed by atoms with E-state index in [2.05, 4.69) is 35.4 Å². The summed E-state index contributed by atoms with van der Waals surface area (Å²) >= 11 is 3.43. The van der Waals surface area contributed by atoms with Crippen molar-refractivity contribution in [1.82, 2.24) is 4.98 Å². The summed E-state index contributed by atoms with van der Waals surface area (Å²) in [5.41, 5.74) is 3.29. The lowest BCUT2D eigenvalue weighted by Gasteiger charge is -2.11. The van der Waals surface area contributed by atoms with Gasteiger partial charge in [-0.3, -0.25) is 5.32 Å². The second-order valence-electron chi connectivity index (χ2n) is 5.97. The number of nitrogens with zero attached hydrogens (tertiary/aromatic N) is 1. The lowest BCUT2D eigenvalue weighted by atomic mass is 10.1. The summed E-state index contributed by atoms with van der Waals surface area (Å²) in [7, 11) is 0. The van der Waals surface area contributed by atoms with E-state index in [0.717, 1.165) is 16.5 Å². The summed E-state index contributed by atoms with van der Waals surface area (Å²) < 4.78 is 5.26. The van der Waals surface area contributed by atoms with Crippen LogP contribution in [0.15, 0.2) is 82.8 Å². The van der Waals surface area contributed by atoms with Crippen LogP contribution in [0, 0.1) is 6.92 Å². The number of carbonyl (C=O) groups is 1. The van der Waals surface area contributed by atoms with Gasteiger partial charge in [-0.25, -0.2) is 9.78 Å². The van der Waals surface area contributed by atoms with Crippen LogP contribution >= 0.6 is 23.5 Å². The zero-order valence-electron chi connectivity index (χ0n) is 15.6. The topological polar surface area (TPSA) is 51.2 Å². The van der Waals surface area contributed by atoms with Crippen molar-refractivity contribution in [3.8, 4) is 0 Å². The lowest BCUT2D eigenvalue weighted by Crippen LogP contribution is -2.15. The normalized spacial score (nSPS) is 10.5. The molecule has 3 aromatic rings. The number of anilines is 1. The monoisotopic (exact) mass is 410 g/mol. The maximum Gasteiger partial charge on any atom is 0.411 e. The minimum absolute atomic E-state index is 0.357. The molecule has 0 radical (unpaired) electrons. The van der Waals surface area contributed by atoms with Crippen molar-refractivity contribution in [2.75, 3.05) is 17.7 Å². The van der Waals surface area contributed by atoms with E-state index in [4.69, 9.17) is 4.74 Å². The van der Waals surface area contributed by atoms with E-state index in [1.807, 2.05) is 54.7 Å². The Bertz CT molecular complexity index is 890. The average Bonchev–Trinajstić information content (AvgIpc) is 2.73. The molecule has 144 valence electrons. The van der Waals surface area contributed by atoms with Crippen molar-refractivity contribution in [3.63, 3.8) is 0 Å². The van der Waals surface area contributed by atoms with Gasteiger partial charge in [0.1, 0.15) is 6.61 Å². The number of carbonyl (C=O) groups excluding carboxylic acids is 1. The first kappa shape index (κ1) is 20.3. The molecule has 1 N–H and O–H groups in total. The predicted octanol–water partition coefficient (Wildman–Crippen LogP) is 6.02. The molecule has 28 heavy (non-hydrogen) atoms. The minimum atomic E-state index is -0.427. The molecule has 0 aliphatic carbocycles. The molecule has 4 nitrogen and oxygen atoms in total. The van der Waals surface area contributed by atoms with Gasteiger partial charge in [0, 0.05) is 28.3 Å². The Hall–Kier alpha value is -2.44. The van der Waals surface area contributed by atoms with Crippen LogP contribution in [0.5, 0.6) is 0 Å². The zero-order valence-corrected chi connectivity index (χ0v) is 17.3. The number of amides is 1. The van der Waals surface area contributed by atoms with Gasteiger partial charge in [-0.15, -0.1) is 23.5 Å². The number of hydrogen-bond donors (Lipinski definition) is 1. The predicted molar refractivity (Wildman–Crippen MR) is 117 cm³/mol. The SMILES string of the molecule is Cc1c(CSc2ccccn2)cccc1SCCOC(=O)Nc1ccccc1. The summed E-state index contributed by atoms with van der Waals surface area (Å²) in [4.78, 5) is 17.4. The quantitative estimate of drug-likeness (QED) is 0.363. The smallest absolute Gasteiger partial charge is 0.411 e. The Morgan fingerprint density at radius 1 is 1.00 bits per heavy atom. The first-order valence-electron chi connectivity index (χ1n) is 8.96. The van der Waals surface area contributed by atoms with E-state index in [9.17, 15) is 4.79 Å². The fourth-order valence-electron chi connectivity index (χ4n) is 2.52. The number of nitrogens with one attached hydrogen (secondary N) is 1. The molecule has 0 aliphatic rings. The summed E-state index contributed by atoms with van der Waals surface area (Å²) in [6.45, 7) is 2.50. The lowest BCUT2D eigenvalue weighted by molar-refractivity contribution is 0.169. The van der Waals surface area contributed by atoms with Gasteiger partial charge >= 0.3 is 6.09 Å². The van der Waals surface area contributed by atoms with Gasteiger partial charge < -0.3 is 4.74 Å². The summed E-state index contributed by atoms with van der Waals surface area (Å²) in [5, 5.41) is 3.74. The van der Waals surface area contributed by atoms with Gasteiger partial charge in [0.2, 0.25) is 0 Å². The molecular weight excluding hydrogens is 388 g/mol. The molecule has 0 bridgehead atoms. The Balaban J connectivity index is 1.45. The van der Waals surface area contributed by atoms with Crippen LogP contribution in [-0.2, 0) is 10.5 Å². The molecule has 1 heterocycles. The number of para-hydroxylation sites is 1. The Morgan fingerprint density at radius 2 is 1.82 bits per heavy atom. The van der Waals surface area contributed by atoms with Gasteiger partial charge in [0.15, 0.2) is 0 Å². The highest BCUT2D eigenvalue weighted by Gasteiger charge is 2.07. The van der Waals surface area contributed by atoms with Crippen LogP contribution in [0.1, 0.15) is 11.1 Å². The summed E-state index contributed by atoms with van der Waals surface area (Å²) in [6, 6.07) is 21.6. The maximum atomic E-state index is 11.8. The van der Waals surface area contributed by atoms with Crippen molar-refractivity contribution < 1.29 is 9.53 Å². The van der Waals surface area contributed by atoms with E-state index in [1.54, 1.807) is 23.5 Å². The first-order valence-corrected chi connectivity index (χ1v) is 10.9. The van der Waals surface area contributed by atoms with Crippen molar-refractivity contribution in [3.05, 3.63) is 84.1 Å². The molecule has 3 rings (SSSR count). The van der Waals surface area contributed by atoms with E-state index >= 15 is 0 Å². The number of aromatic nitrogens is 1. The third-order valence-corrected chi connectivity index (χ3v) is 6.12. The summed E-state index contributed by atoms with van der Waals surface area (Å²) in [6.07, 6.45) is 1.39. The zero-order chi connectivity index (χ0) is 19.6. The van der Waals surface area contributed by atoms with E-state index in [1.165, 1.54) is 16.0 Å². The molecule has 0 spiro atoms. The second kappa shape index (κ2) is 10.8. The van der Waals surface area contributed by atoms with Crippen LogP contribution in [0.4, 0.5) is 10.5 Å². The first-order chi connectivity index (χ1) is 13.7. The van der Waals surface area contributed by atoms with Crippen molar-refractivity contribution in [2.45, 2.75) is 22.6 Å². The average molecular weight is 411 g/mol. The fraction of sp³-hybridized carbons (Fsp3) is 0.182. The van der Waals surface area contributed by atoms with Crippen molar-refractivity contribution >= 4 is 35.3 Å². The standard InChI is InChI=1S/C22H22N2O2S2/c1-17-18(16-28-21-12-5-6-13-23-21)8-7-11-20(17)27-15-14-26-22(25)24-19-9-3-2-4-10-19/h2-13H,14-16H2,1H3,(H,24,25). The molecule has 0 unspecified atom stereocenters. The Morgan fingerprint density at radius 3 is 2.61 bits per heavy atom. The highest BCUT2D eigenvalue weighted by molar-refractivity contribution is 7.99. The van der Waals surface area contributed by atoms with Gasteiger partial charge in [-0.05, 0) is 48.4 Å². The van der Waals surface area contributed by atoms with Gasteiger partial charge in [0.05, 0.1) is 5.03 Å². The third-order valence-electron chi connectivity index (χ3n) is 4.00. The van der Waals surface area contributed by atoms with Crippen LogP contribution in [0.25, 0.3) is 0 Å². The third kappa shape index (κ3) is 6.32. The fourth-order valence-corrected chi connectivity index (χ4v) is 4.35. The Labute approximate surface area is 174 Å². The van der Waals surface area contributed by atoms with Crippen molar-refractivity contribution in [1.29, 1.82) is 0 Å². The summed E-state index contributed by atoms with van der Waals surface area (Å²) in [5.74, 6) is 1.59. The number of hydrogen-bond acceptors (Lipinski definition) is 5. The van der Waals surface area contributed by atoms with Gasteiger partial charge in [-0.1, -0.05) is 36.4 Å². The molecule has 0 atom stereocenters. The van der Waals surface area contributed by atoms with Crippen LogP contribution in [-0.4, -0.2) is 23.4 Å². The van der Waals surface area contributed by atoms with Crippen LogP contribution in [0.3, 0.4) is 0 Å². The molecule has 0 saturated heterocycles. The molecule has 6 heteroatoms. The number of pyridine rings is 1. The number of benzene rings is 2. The van der Waals surface area contributed by atoms with Gasteiger partial charge in [0.25, 0.3) is 0 Å². The van der Waals surface area contributed by atoms with Crippen molar-refractivity contribution in [2.24, 2.45) is 0 Å². The van der Waals surface area contributed by atoms with E-state index < -0.39 is 6.09 Å². The van der Waals surface area contributed by atoms with Crippen LogP contribution < -0.4 is 5.32 Å². The second-order valence-corrected chi connectivity index (χ2v) is 8.10. The Kier molecular flexibility index (Phi) is 7.82. The number of ether oxygens (including phenoxy) is 1. The number of rotatable bonds is 8. The molecular formula is C22H22N2O2S2.